The maximum Gasteiger partial charge on any atom is 0.203 e. The minimum atomic E-state index is 0.790. The minimum absolute atomic E-state index is 0.790. The van der Waals surface area contributed by atoms with Crippen LogP contribution >= 0.6 is 11.3 Å². The molecule has 21 heavy (non-hydrogen) atoms. The van der Waals surface area contributed by atoms with Gasteiger partial charge in [-0.25, -0.2) is 4.98 Å². The molecular weight excluding hydrogens is 278 g/mol. The SMILES string of the molecule is Cc1cccc(/C=N/Nc2nc(-c3ccccc3)cs2)c1. The molecule has 0 fully saturated rings. The van der Waals surface area contributed by atoms with Gasteiger partial charge in [-0.15, -0.1) is 11.3 Å². The number of benzene rings is 2. The van der Waals surface area contributed by atoms with Crippen molar-refractivity contribution in [3.8, 4) is 11.3 Å². The molecule has 1 heterocycles. The largest absolute Gasteiger partial charge is 0.253 e. The van der Waals surface area contributed by atoms with Crippen LogP contribution in [0.4, 0.5) is 5.13 Å². The van der Waals surface area contributed by atoms with E-state index in [1.165, 1.54) is 5.56 Å². The molecule has 0 saturated carbocycles. The molecule has 0 aliphatic rings. The zero-order chi connectivity index (χ0) is 14.5. The third-order valence-electron chi connectivity index (χ3n) is 2.99. The summed E-state index contributed by atoms with van der Waals surface area (Å²) in [7, 11) is 0. The minimum Gasteiger partial charge on any atom is -0.253 e. The fourth-order valence-electron chi connectivity index (χ4n) is 1.98. The van der Waals surface area contributed by atoms with Gasteiger partial charge >= 0.3 is 0 Å². The van der Waals surface area contributed by atoms with Gasteiger partial charge in [-0.05, 0) is 12.5 Å². The number of thiazole rings is 1. The van der Waals surface area contributed by atoms with Crippen molar-refractivity contribution < 1.29 is 0 Å². The predicted molar refractivity (Wildman–Crippen MR) is 89.9 cm³/mol. The van der Waals surface area contributed by atoms with Crippen molar-refractivity contribution >= 4 is 22.7 Å². The third-order valence-corrected chi connectivity index (χ3v) is 3.74. The molecule has 3 rings (SSSR count). The van der Waals surface area contributed by atoms with Crippen molar-refractivity contribution in [1.29, 1.82) is 0 Å². The fraction of sp³-hybridized carbons (Fsp3) is 0.0588. The van der Waals surface area contributed by atoms with E-state index in [1.54, 1.807) is 17.6 Å². The summed E-state index contributed by atoms with van der Waals surface area (Å²) < 4.78 is 0. The first-order chi connectivity index (χ1) is 10.3. The molecule has 2 aromatic carbocycles. The average Bonchev–Trinajstić information content (AvgIpc) is 2.97. The normalized spacial score (nSPS) is 10.9. The van der Waals surface area contributed by atoms with Gasteiger partial charge in [-0.1, -0.05) is 60.2 Å². The van der Waals surface area contributed by atoms with E-state index >= 15 is 0 Å². The van der Waals surface area contributed by atoms with Crippen LogP contribution in [0.25, 0.3) is 11.3 Å². The topological polar surface area (TPSA) is 37.3 Å². The highest BCUT2D eigenvalue weighted by Gasteiger charge is 2.02. The molecule has 0 atom stereocenters. The van der Waals surface area contributed by atoms with Gasteiger partial charge in [0.25, 0.3) is 0 Å². The van der Waals surface area contributed by atoms with Crippen LogP contribution < -0.4 is 5.43 Å². The molecule has 1 N–H and O–H groups in total. The van der Waals surface area contributed by atoms with E-state index in [2.05, 4.69) is 46.7 Å². The highest BCUT2D eigenvalue weighted by Crippen LogP contribution is 2.24. The number of nitrogens with zero attached hydrogens (tertiary/aromatic N) is 2. The average molecular weight is 293 g/mol. The molecule has 0 unspecified atom stereocenters. The van der Waals surface area contributed by atoms with E-state index in [-0.39, 0.29) is 0 Å². The Kier molecular flexibility index (Phi) is 4.07. The predicted octanol–water partition coefficient (Wildman–Crippen LogP) is 4.56. The fourth-order valence-corrected chi connectivity index (χ4v) is 2.65. The van der Waals surface area contributed by atoms with E-state index < -0.39 is 0 Å². The Bertz CT molecular complexity index is 747. The molecule has 0 saturated heterocycles. The Morgan fingerprint density at radius 1 is 1.10 bits per heavy atom. The number of hydrogen-bond acceptors (Lipinski definition) is 4. The molecule has 0 bridgehead atoms. The van der Waals surface area contributed by atoms with Gasteiger partial charge in [0.15, 0.2) is 0 Å². The van der Waals surface area contributed by atoms with Crippen molar-refractivity contribution in [3.63, 3.8) is 0 Å². The van der Waals surface area contributed by atoms with E-state index in [0.29, 0.717) is 0 Å². The maximum absolute atomic E-state index is 4.52. The molecular formula is C17H15N3S. The molecule has 0 spiro atoms. The van der Waals surface area contributed by atoms with Gasteiger partial charge in [0.2, 0.25) is 5.13 Å². The van der Waals surface area contributed by atoms with Crippen LogP contribution in [-0.4, -0.2) is 11.2 Å². The second-order valence-corrected chi connectivity index (χ2v) is 5.55. The first kappa shape index (κ1) is 13.5. The molecule has 4 heteroatoms. The number of aryl methyl sites for hydroxylation is 1. The van der Waals surface area contributed by atoms with Gasteiger partial charge < -0.3 is 0 Å². The Morgan fingerprint density at radius 2 is 1.95 bits per heavy atom. The quantitative estimate of drug-likeness (QED) is 0.565. The third kappa shape index (κ3) is 3.55. The number of anilines is 1. The first-order valence-corrected chi connectivity index (χ1v) is 7.56. The summed E-state index contributed by atoms with van der Waals surface area (Å²) in [5.41, 5.74) is 7.35. The summed E-state index contributed by atoms with van der Waals surface area (Å²) in [4.78, 5) is 4.52. The molecule has 0 aliphatic heterocycles. The number of nitrogens with one attached hydrogen (secondary N) is 1. The highest BCUT2D eigenvalue weighted by atomic mass is 32.1. The number of rotatable bonds is 4. The zero-order valence-corrected chi connectivity index (χ0v) is 12.5. The van der Waals surface area contributed by atoms with Crippen LogP contribution in [0, 0.1) is 6.92 Å². The Balaban J connectivity index is 1.68. The molecule has 0 amide bonds. The second-order valence-electron chi connectivity index (χ2n) is 4.69. The maximum atomic E-state index is 4.52. The highest BCUT2D eigenvalue weighted by molar-refractivity contribution is 7.14. The van der Waals surface area contributed by atoms with Gasteiger partial charge in [-0.2, -0.15) is 5.10 Å². The van der Waals surface area contributed by atoms with Crippen molar-refractivity contribution in [2.24, 2.45) is 5.10 Å². The van der Waals surface area contributed by atoms with Crippen LogP contribution in [0.5, 0.6) is 0 Å². The summed E-state index contributed by atoms with van der Waals surface area (Å²) in [6.07, 6.45) is 1.80. The van der Waals surface area contributed by atoms with Gasteiger partial charge in [0.1, 0.15) is 0 Å². The Hall–Kier alpha value is -2.46. The lowest BCUT2D eigenvalue weighted by Crippen LogP contribution is -1.90. The summed E-state index contributed by atoms with van der Waals surface area (Å²) in [5, 5.41) is 7.05. The zero-order valence-electron chi connectivity index (χ0n) is 11.7. The van der Waals surface area contributed by atoms with Crippen LogP contribution in [0.15, 0.2) is 65.1 Å². The van der Waals surface area contributed by atoms with E-state index in [4.69, 9.17) is 0 Å². The molecule has 0 radical (unpaired) electrons. The van der Waals surface area contributed by atoms with E-state index in [9.17, 15) is 0 Å². The Labute approximate surface area is 128 Å². The van der Waals surface area contributed by atoms with Crippen molar-refractivity contribution in [1.82, 2.24) is 4.98 Å². The number of hydrazone groups is 1. The van der Waals surface area contributed by atoms with Crippen LogP contribution in [-0.2, 0) is 0 Å². The standard InChI is InChI=1S/C17H15N3S/c1-13-6-5-7-14(10-13)11-18-20-17-19-16(12-21-17)15-8-3-2-4-9-15/h2-12H,1H3,(H,19,20)/b18-11+. The van der Waals surface area contributed by atoms with Crippen LogP contribution in [0.3, 0.4) is 0 Å². The molecule has 104 valence electrons. The van der Waals surface area contributed by atoms with Crippen molar-refractivity contribution in [2.45, 2.75) is 6.92 Å². The summed E-state index contributed by atoms with van der Waals surface area (Å²) >= 11 is 1.55. The van der Waals surface area contributed by atoms with Gasteiger partial charge in [0.05, 0.1) is 11.9 Å². The second kappa shape index (κ2) is 6.33. The van der Waals surface area contributed by atoms with Crippen LogP contribution in [0.2, 0.25) is 0 Å². The molecule has 3 nitrogen and oxygen atoms in total. The van der Waals surface area contributed by atoms with Gasteiger partial charge in [-0.3, -0.25) is 5.43 Å². The lowest BCUT2D eigenvalue weighted by Gasteiger charge is -1.96. The first-order valence-electron chi connectivity index (χ1n) is 6.68. The lowest BCUT2D eigenvalue weighted by molar-refractivity contribution is 1.29. The number of hydrogen-bond donors (Lipinski definition) is 1. The smallest absolute Gasteiger partial charge is 0.203 e. The van der Waals surface area contributed by atoms with Crippen molar-refractivity contribution in [2.75, 3.05) is 5.43 Å². The Morgan fingerprint density at radius 3 is 2.76 bits per heavy atom. The van der Waals surface area contributed by atoms with E-state index in [0.717, 1.165) is 22.0 Å². The summed E-state index contributed by atoms with van der Waals surface area (Å²) in [6, 6.07) is 18.3. The molecule has 1 aromatic heterocycles. The summed E-state index contributed by atoms with van der Waals surface area (Å²) in [6.45, 7) is 2.07. The lowest BCUT2D eigenvalue weighted by atomic mass is 10.2. The molecule has 3 aromatic rings. The molecule has 0 aliphatic carbocycles. The van der Waals surface area contributed by atoms with Gasteiger partial charge in [0, 0.05) is 10.9 Å². The summed E-state index contributed by atoms with van der Waals surface area (Å²) in [5.74, 6) is 0. The monoisotopic (exact) mass is 293 g/mol. The van der Waals surface area contributed by atoms with Crippen LogP contribution in [0.1, 0.15) is 11.1 Å². The number of aromatic nitrogens is 1. The van der Waals surface area contributed by atoms with Crippen molar-refractivity contribution in [3.05, 3.63) is 71.1 Å². The van der Waals surface area contributed by atoms with E-state index in [1.807, 2.05) is 35.7 Å².